The molecule has 44 heavy (non-hydrogen) atoms. The smallest absolute Gasteiger partial charge is 0.418 e. The molecule has 1 aliphatic carbocycles. The lowest BCUT2D eigenvalue weighted by Crippen LogP contribution is -2.57. The van der Waals surface area contributed by atoms with E-state index in [-0.39, 0.29) is 43.4 Å². The van der Waals surface area contributed by atoms with Gasteiger partial charge in [-0.3, -0.25) is 4.79 Å². The van der Waals surface area contributed by atoms with Gasteiger partial charge in [-0.1, -0.05) is 18.7 Å². The number of alkyl halides is 3. The molecule has 1 saturated heterocycles. The molecule has 1 atom stereocenters. The van der Waals surface area contributed by atoms with Crippen molar-refractivity contribution in [3.8, 4) is 6.01 Å². The van der Waals surface area contributed by atoms with Crippen LogP contribution in [0.15, 0.2) is 30.6 Å². The zero-order valence-corrected chi connectivity index (χ0v) is 25.0. The van der Waals surface area contributed by atoms with E-state index in [2.05, 4.69) is 21.3 Å². The highest BCUT2D eigenvalue weighted by Crippen LogP contribution is 2.41. The van der Waals surface area contributed by atoms with Crippen molar-refractivity contribution in [3.05, 3.63) is 64.4 Å². The molecule has 13 heteroatoms. The highest BCUT2D eigenvalue weighted by atomic mass is 19.4. The molecule has 0 bridgehead atoms. The first-order valence-corrected chi connectivity index (χ1v) is 14.8. The topological polar surface area (TPSA) is 69.4 Å². The summed E-state index contributed by atoms with van der Waals surface area (Å²) in [4.78, 5) is 32.5. The molecule has 3 heterocycles. The third-order valence-corrected chi connectivity index (χ3v) is 8.45. The summed E-state index contributed by atoms with van der Waals surface area (Å²) < 4.78 is 62.1. The number of hydrogen-bond donors (Lipinski definition) is 0. The minimum atomic E-state index is -4.52. The van der Waals surface area contributed by atoms with Gasteiger partial charge in [-0.2, -0.15) is 23.1 Å². The Bertz CT molecular complexity index is 1440. The molecule has 2 aliphatic heterocycles. The van der Waals surface area contributed by atoms with Gasteiger partial charge in [-0.15, -0.1) is 0 Å². The number of fused-ring (bicyclic) bond motifs is 1. The van der Waals surface area contributed by atoms with Crippen molar-refractivity contribution in [1.29, 1.82) is 0 Å². The Morgan fingerprint density at radius 1 is 1.20 bits per heavy atom. The van der Waals surface area contributed by atoms with E-state index in [1.54, 1.807) is 11.0 Å². The fraction of sp³-hybridized carbons (Fsp3) is 0.548. The first kappa shape index (κ1) is 31.5. The van der Waals surface area contributed by atoms with Crippen LogP contribution in [0.2, 0.25) is 0 Å². The third kappa shape index (κ3) is 7.07. The number of rotatable bonds is 10. The van der Waals surface area contributed by atoms with Crippen molar-refractivity contribution >= 4 is 17.4 Å². The molecule has 1 aromatic carbocycles. The van der Waals surface area contributed by atoms with Crippen LogP contribution in [-0.4, -0.2) is 91.2 Å². The van der Waals surface area contributed by atoms with Crippen LogP contribution in [0.1, 0.15) is 35.2 Å². The van der Waals surface area contributed by atoms with Gasteiger partial charge < -0.3 is 29.2 Å². The van der Waals surface area contributed by atoms with E-state index in [1.165, 1.54) is 36.8 Å². The highest BCUT2D eigenvalue weighted by Gasteiger charge is 2.39. The lowest BCUT2D eigenvalue weighted by Gasteiger charge is -2.41. The normalized spacial score (nSPS) is 18.7. The average Bonchev–Trinajstić information content (AvgIpc) is 3.79. The minimum Gasteiger partial charge on any atom is -0.462 e. The number of ether oxygens (including phenoxy) is 1. The molecule has 1 aromatic heterocycles. The van der Waals surface area contributed by atoms with Crippen LogP contribution < -0.4 is 14.5 Å². The van der Waals surface area contributed by atoms with E-state index in [1.807, 2.05) is 11.9 Å². The molecule has 236 valence electrons. The van der Waals surface area contributed by atoms with Crippen molar-refractivity contribution in [1.82, 2.24) is 19.8 Å². The number of carbonyl (C=O) groups is 1. The van der Waals surface area contributed by atoms with Gasteiger partial charge in [-0.25, -0.2) is 11.0 Å². The second-order valence-electron chi connectivity index (χ2n) is 11.8. The Kier molecular flexibility index (Phi) is 9.29. The molecule has 2 aromatic rings. The molecular formula is C31H37F4N7O2. The molecule has 0 radical (unpaired) electrons. The summed E-state index contributed by atoms with van der Waals surface area (Å²) >= 11 is 0. The number of aryl methyl sites for hydroxylation is 1. The Balaban J connectivity index is 1.44. The van der Waals surface area contributed by atoms with Gasteiger partial charge in [0.15, 0.2) is 5.83 Å². The van der Waals surface area contributed by atoms with Gasteiger partial charge in [0.05, 0.1) is 17.8 Å². The lowest BCUT2D eigenvalue weighted by molar-refractivity contribution is -0.137. The first-order chi connectivity index (χ1) is 21.0. The SMILES string of the molecule is [C-]#[N+]C[C@H]1CN(c2nc(OCCN(C)CC3CC3)nc3c2CCN(c2cccc(C)c2C(F)(F)F)C3)CCN1C(=O)C(=C)F. The standard InChI is InChI=1S/C31H37F4N7O2/c1-20-6-5-7-26(27(20)31(33,34)35)40-11-10-24-25(19-40)37-30(44-15-14-39(4)17-22-8-9-22)38-28(24)41-12-13-42(29(43)21(2)32)23(18-41)16-36-3/h5-7,22-23H,2,8-19H2,1,4H3/t23-/m0/s1. The molecule has 1 saturated carbocycles. The Hall–Kier alpha value is -3.92. The zero-order chi connectivity index (χ0) is 31.6. The number of halogens is 4. The third-order valence-electron chi connectivity index (χ3n) is 8.45. The van der Waals surface area contributed by atoms with E-state index < -0.39 is 29.5 Å². The molecule has 2 fully saturated rings. The van der Waals surface area contributed by atoms with Gasteiger partial charge in [0, 0.05) is 50.5 Å². The Labute approximate surface area is 254 Å². The van der Waals surface area contributed by atoms with Crippen molar-refractivity contribution in [2.24, 2.45) is 5.92 Å². The maximum Gasteiger partial charge on any atom is 0.418 e. The van der Waals surface area contributed by atoms with Crippen LogP contribution in [0, 0.1) is 19.4 Å². The molecule has 5 rings (SSSR count). The number of amides is 1. The number of likely N-dealkylation sites (N-methyl/N-ethyl adjacent to an activating group) is 1. The van der Waals surface area contributed by atoms with Crippen LogP contribution in [0.5, 0.6) is 6.01 Å². The predicted octanol–water partition coefficient (Wildman–Crippen LogP) is 4.51. The molecule has 9 nitrogen and oxygen atoms in total. The number of piperazine rings is 1. The van der Waals surface area contributed by atoms with Gasteiger partial charge >= 0.3 is 12.2 Å². The van der Waals surface area contributed by atoms with Crippen LogP contribution >= 0.6 is 0 Å². The minimum absolute atomic E-state index is 0.0269. The first-order valence-electron chi connectivity index (χ1n) is 14.8. The van der Waals surface area contributed by atoms with Crippen LogP contribution in [0.25, 0.3) is 4.85 Å². The van der Waals surface area contributed by atoms with Gasteiger partial charge in [0.25, 0.3) is 5.91 Å². The second kappa shape index (κ2) is 13.0. The molecule has 1 amide bonds. The van der Waals surface area contributed by atoms with Gasteiger partial charge in [0.1, 0.15) is 18.5 Å². The quantitative estimate of drug-likeness (QED) is 0.222. The molecular weight excluding hydrogens is 578 g/mol. The van der Waals surface area contributed by atoms with Crippen LogP contribution in [0.3, 0.4) is 0 Å². The lowest BCUT2D eigenvalue weighted by atomic mass is 10.00. The summed E-state index contributed by atoms with van der Waals surface area (Å²) in [5.74, 6) is -0.622. The van der Waals surface area contributed by atoms with E-state index in [9.17, 15) is 22.4 Å². The van der Waals surface area contributed by atoms with E-state index >= 15 is 0 Å². The number of carbonyl (C=O) groups excluding carboxylic acids is 1. The monoisotopic (exact) mass is 615 g/mol. The average molecular weight is 616 g/mol. The predicted molar refractivity (Wildman–Crippen MR) is 158 cm³/mol. The van der Waals surface area contributed by atoms with E-state index in [4.69, 9.17) is 16.3 Å². The van der Waals surface area contributed by atoms with Crippen molar-refractivity contribution in [3.63, 3.8) is 0 Å². The largest absolute Gasteiger partial charge is 0.462 e. The number of benzene rings is 1. The van der Waals surface area contributed by atoms with Crippen molar-refractivity contribution < 1.29 is 27.1 Å². The fourth-order valence-electron chi connectivity index (χ4n) is 6.06. The van der Waals surface area contributed by atoms with Crippen LogP contribution in [0.4, 0.5) is 29.1 Å². The maximum atomic E-state index is 14.1. The van der Waals surface area contributed by atoms with Crippen molar-refractivity contribution in [2.45, 2.75) is 44.9 Å². The summed E-state index contributed by atoms with van der Waals surface area (Å²) in [6.45, 7) is 15.1. The van der Waals surface area contributed by atoms with E-state index in [0.717, 1.165) is 18.0 Å². The molecule has 3 aliphatic rings. The summed E-state index contributed by atoms with van der Waals surface area (Å²) in [5.41, 5.74) is 0.942. The van der Waals surface area contributed by atoms with Gasteiger partial charge in [-0.05, 0) is 50.8 Å². The molecule has 0 N–H and O–H groups in total. The number of anilines is 2. The van der Waals surface area contributed by atoms with Gasteiger partial charge in [0.2, 0.25) is 6.54 Å². The second-order valence-corrected chi connectivity index (χ2v) is 11.8. The van der Waals surface area contributed by atoms with Crippen molar-refractivity contribution in [2.75, 3.05) is 69.3 Å². The zero-order valence-electron chi connectivity index (χ0n) is 25.0. The van der Waals surface area contributed by atoms with Crippen LogP contribution in [-0.2, 0) is 23.9 Å². The maximum absolute atomic E-state index is 14.1. The summed E-state index contributed by atoms with van der Waals surface area (Å²) in [6, 6.07) is 4.10. The highest BCUT2D eigenvalue weighted by molar-refractivity contribution is 5.91. The Morgan fingerprint density at radius 3 is 2.66 bits per heavy atom. The molecule has 0 unspecified atom stereocenters. The summed E-state index contributed by atoms with van der Waals surface area (Å²) in [7, 11) is 2.03. The number of nitrogens with zero attached hydrogens (tertiary/aromatic N) is 7. The number of aromatic nitrogens is 2. The molecule has 0 spiro atoms. The summed E-state index contributed by atoms with van der Waals surface area (Å²) in [6.07, 6.45) is -1.65. The fourth-order valence-corrected chi connectivity index (χ4v) is 6.06. The summed E-state index contributed by atoms with van der Waals surface area (Å²) in [5, 5.41) is 0. The number of hydrogen-bond acceptors (Lipinski definition) is 7. The Morgan fingerprint density at radius 2 is 1.98 bits per heavy atom. The van der Waals surface area contributed by atoms with E-state index in [0.29, 0.717) is 44.2 Å².